The molecule has 0 bridgehead atoms. The van der Waals surface area contributed by atoms with Crippen molar-refractivity contribution >= 4 is 42.1 Å². The molecule has 0 aliphatic carbocycles. The van der Waals surface area contributed by atoms with Crippen molar-refractivity contribution in [2.24, 2.45) is 0 Å². The van der Waals surface area contributed by atoms with Gasteiger partial charge in [0.15, 0.2) is 0 Å². The highest BCUT2D eigenvalue weighted by Gasteiger charge is 2.16. The predicted molar refractivity (Wildman–Crippen MR) is 94.1 cm³/mol. The summed E-state index contributed by atoms with van der Waals surface area (Å²) in [5.41, 5.74) is 3.29. The Hall–Kier alpha value is -1.14. The van der Waals surface area contributed by atoms with Gasteiger partial charge in [-0.25, -0.2) is 4.98 Å². The normalized spacial score (nSPS) is 12.1. The molecule has 1 amide bonds. The maximum absolute atomic E-state index is 12.4. The highest BCUT2D eigenvalue weighted by atomic mass is 35.5. The summed E-state index contributed by atoms with van der Waals surface area (Å²) in [6, 6.07) is 5.97. The molecule has 0 radical (unpaired) electrons. The summed E-state index contributed by atoms with van der Waals surface area (Å²) >= 11 is 1.63. The molecule has 4 nitrogen and oxygen atoms in total. The molecule has 1 N–H and O–H groups in total. The van der Waals surface area contributed by atoms with Crippen LogP contribution in [0.4, 0.5) is 0 Å². The smallest absolute Gasteiger partial charge is 0.253 e. The van der Waals surface area contributed by atoms with Gasteiger partial charge >= 0.3 is 0 Å². The van der Waals surface area contributed by atoms with Crippen molar-refractivity contribution in [3.8, 4) is 0 Å². The number of nitrogens with one attached hydrogen (secondary N) is 1. The Morgan fingerprint density at radius 1 is 1.32 bits per heavy atom. The van der Waals surface area contributed by atoms with Crippen LogP contribution in [-0.2, 0) is 19.6 Å². The summed E-state index contributed by atoms with van der Waals surface area (Å²) < 4.78 is 0. The molecular weight excluding hydrogens is 341 g/mol. The average molecular weight is 360 g/mol. The third-order valence-electron chi connectivity index (χ3n) is 3.49. The molecule has 120 valence electrons. The first-order valence-corrected chi connectivity index (χ1v) is 7.44. The second-order valence-corrected chi connectivity index (χ2v) is 6.41. The van der Waals surface area contributed by atoms with E-state index in [9.17, 15) is 4.79 Å². The minimum Gasteiger partial charge on any atom is -0.337 e. The predicted octanol–water partition coefficient (Wildman–Crippen LogP) is 3.17. The molecule has 1 aromatic carbocycles. The molecule has 2 heterocycles. The maximum atomic E-state index is 12.4. The van der Waals surface area contributed by atoms with Crippen LogP contribution >= 0.6 is 36.2 Å². The van der Waals surface area contributed by atoms with E-state index < -0.39 is 0 Å². The number of nitrogens with zero attached hydrogens (tertiary/aromatic N) is 2. The fraction of sp³-hybridized carbons (Fsp3) is 0.333. The number of carbonyl (C=O) groups excluding carboxylic acids is 1. The van der Waals surface area contributed by atoms with Crippen LogP contribution in [0.15, 0.2) is 24.4 Å². The second-order valence-electron chi connectivity index (χ2n) is 5.09. The molecular formula is C15H19Cl2N3OS. The number of halogens is 2. The van der Waals surface area contributed by atoms with E-state index in [-0.39, 0.29) is 30.7 Å². The van der Waals surface area contributed by atoms with Crippen LogP contribution < -0.4 is 5.32 Å². The van der Waals surface area contributed by atoms with Crippen LogP contribution in [0.2, 0.25) is 0 Å². The van der Waals surface area contributed by atoms with Gasteiger partial charge in [-0.3, -0.25) is 4.79 Å². The Balaban J connectivity index is 0.00000121. The summed E-state index contributed by atoms with van der Waals surface area (Å²) in [6.07, 6.45) is 1.84. The standard InChI is InChI=1S/C15H17N3OS.2ClH/c1-10-17-8-14(20-10)9-18(2)15(19)11-3-4-12-6-16-7-13(12)5-11;;/h3-5,8,16H,6-7,9H2,1-2H3;2*1H. The number of amides is 1. The van der Waals surface area contributed by atoms with Gasteiger partial charge in [-0.2, -0.15) is 0 Å². The zero-order valence-electron chi connectivity index (χ0n) is 12.5. The van der Waals surface area contributed by atoms with E-state index in [1.54, 1.807) is 16.2 Å². The largest absolute Gasteiger partial charge is 0.337 e. The van der Waals surface area contributed by atoms with E-state index in [0.29, 0.717) is 6.54 Å². The Morgan fingerprint density at radius 2 is 2.05 bits per heavy atom. The minimum atomic E-state index is 0. The number of hydrogen-bond donors (Lipinski definition) is 1. The molecule has 0 spiro atoms. The lowest BCUT2D eigenvalue weighted by Gasteiger charge is -2.16. The second kappa shape index (κ2) is 7.92. The fourth-order valence-corrected chi connectivity index (χ4v) is 3.28. The van der Waals surface area contributed by atoms with Crippen LogP contribution in [0.3, 0.4) is 0 Å². The van der Waals surface area contributed by atoms with Crippen LogP contribution in [0.5, 0.6) is 0 Å². The minimum absolute atomic E-state index is 0. The quantitative estimate of drug-likeness (QED) is 0.915. The molecule has 0 unspecified atom stereocenters. The van der Waals surface area contributed by atoms with E-state index >= 15 is 0 Å². The molecule has 7 heteroatoms. The lowest BCUT2D eigenvalue weighted by atomic mass is 10.1. The highest BCUT2D eigenvalue weighted by molar-refractivity contribution is 7.11. The Labute approximate surface area is 146 Å². The molecule has 2 aromatic rings. The highest BCUT2D eigenvalue weighted by Crippen LogP contribution is 2.19. The third-order valence-corrected chi connectivity index (χ3v) is 4.39. The van der Waals surface area contributed by atoms with Gasteiger partial charge in [0.1, 0.15) is 0 Å². The number of carbonyl (C=O) groups is 1. The van der Waals surface area contributed by atoms with Crippen molar-refractivity contribution in [3.63, 3.8) is 0 Å². The van der Waals surface area contributed by atoms with Crippen LogP contribution in [0, 0.1) is 6.92 Å². The van der Waals surface area contributed by atoms with Gasteiger partial charge in [0.25, 0.3) is 5.91 Å². The molecule has 22 heavy (non-hydrogen) atoms. The van der Waals surface area contributed by atoms with E-state index in [1.165, 1.54) is 11.1 Å². The van der Waals surface area contributed by atoms with Crippen molar-refractivity contribution in [3.05, 3.63) is 51.0 Å². The first kappa shape index (κ1) is 18.9. The lowest BCUT2D eigenvalue weighted by molar-refractivity contribution is 0.0786. The molecule has 3 rings (SSSR count). The molecule has 0 atom stereocenters. The van der Waals surface area contributed by atoms with Crippen LogP contribution in [0.25, 0.3) is 0 Å². The Bertz CT molecular complexity index is 660. The van der Waals surface area contributed by atoms with Crippen molar-refractivity contribution in [2.45, 2.75) is 26.6 Å². The topological polar surface area (TPSA) is 45.2 Å². The van der Waals surface area contributed by atoms with Gasteiger partial charge < -0.3 is 10.2 Å². The molecule has 0 saturated carbocycles. The summed E-state index contributed by atoms with van der Waals surface area (Å²) in [4.78, 5) is 19.5. The maximum Gasteiger partial charge on any atom is 0.253 e. The van der Waals surface area contributed by atoms with Gasteiger partial charge in [0, 0.05) is 36.8 Å². The van der Waals surface area contributed by atoms with Crippen LogP contribution in [0.1, 0.15) is 31.4 Å². The number of aryl methyl sites for hydroxylation is 1. The zero-order chi connectivity index (χ0) is 14.1. The lowest BCUT2D eigenvalue weighted by Crippen LogP contribution is -2.25. The van der Waals surface area contributed by atoms with Crippen molar-refractivity contribution in [1.29, 1.82) is 0 Å². The van der Waals surface area contributed by atoms with E-state index in [1.807, 2.05) is 38.4 Å². The summed E-state index contributed by atoms with van der Waals surface area (Å²) in [5.74, 6) is 0.0609. The number of benzene rings is 1. The van der Waals surface area contributed by atoms with Crippen molar-refractivity contribution in [2.75, 3.05) is 7.05 Å². The molecule has 1 aliphatic heterocycles. The average Bonchev–Trinajstić information content (AvgIpc) is 3.05. The number of rotatable bonds is 3. The Morgan fingerprint density at radius 3 is 2.73 bits per heavy atom. The monoisotopic (exact) mass is 359 g/mol. The van der Waals surface area contributed by atoms with E-state index in [0.717, 1.165) is 28.5 Å². The SMILES string of the molecule is Cc1ncc(CN(C)C(=O)c2ccc3c(c2)CNC3)s1.Cl.Cl. The first-order valence-electron chi connectivity index (χ1n) is 6.63. The number of fused-ring (bicyclic) bond motifs is 1. The van der Waals surface area contributed by atoms with Gasteiger partial charge in [-0.15, -0.1) is 36.2 Å². The third kappa shape index (κ3) is 3.98. The molecule has 0 saturated heterocycles. The fourth-order valence-electron chi connectivity index (χ4n) is 2.43. The van der Waals surface area contributed by atoms with Gasteiger partial charge in [-0.1, -0.05) is 6.07 Å². The number of hydrogen-bond acceptors (Lipinski definition) is 4. The number of thiazole rings is 1. The molecule has 1 aromatic heterocycles. The molecule has 0 fully saturated rings. The molecule has 1 aliphatic rings. The van der Waals surface area contributed by atoms with Crippen molar-refractivity contribution < 1.29 is 4.79 Å². The van der Waals surface area contributed by atoms with Crippen LogP contribution in [-0.4, -0.2) is 22.8 Å². The van der Waals surface area contributed by atoms with Gasteiger partial charge in [0.2, 0.25) is 0 Å². The number of aromatic nitrogens is 1. The summed E-state index contributed by atoms with van der Waals surface area (Å²) in [7, 11) is 1.84. The zero-order valence-corrected chi connectivity index (χ0v) is 14.9. The van der Waals surface area contributed by atoms with E-state index in [2.05, 4.69) is 10.3 Å². The van der Waals surface area contributed by atoms with Crippen molar-refractivity contribution in [1.82, 2.24) is 15.2 Å². The van der Waals surface area contributed by atoms with Gasteiger partial charge in [-0.05, 0) is 30.2 Å². The summed E-state index contributed by atoms with van der Waals surface area (Å²) in [6.45, 7) is 4.34. The summed E-state index contributed by atoms with van der Waals surface area (Å²) in [5, 5.41) is 4.33. The Kier molecular flexibility index (Phi) is 6.81. The first-order chi connectivity index (χ1) is 9.63. The van der Waals surface area contributed by atoms with Gasteiger partial charge in [0.05, 0.1) is 11.6 Å². The van der Waals surface area contributed by atoms with E-state index in [4.69, 9.17) is 0 Å².